The van der Waals surface area contributed by atoms with Gasteiger partial charge in [-0.05, 0) is 42.5 Å². The number of aromatic nitrogens is 2. The number of halogens is 2. The van der Waals surface area contributed by atoms with Crippen LogP contribution in [-0.2, 0) is 4.79 Å². The number of benzene rings is 3. The molecule has 0 atom stereocenters. The van der Waals surface area contributed by atoms with Gasteiger partial charge in [0.1, 0.15) is 0 Å². The van der Waals surface area contributed by atoms with Gasteiger partial charge in [-0.1, -0.05) is 51.4 Å². The van der Waals surface area contributed by atoms with Crippen LogP contribution >= 0.6 is 39.3 Å². The average Bonchev–Trinajstić information content (AvgIpc) is 2.84. The number of nitro benzene ring substituents is 1. The Morgan fingerprint density at radius 1 is 1.20 bits per heavy atom. The Balaban J connectivity index is 1.54. The van der Waals surface area contributed by atoms with E-state index in [4.69, 9.17) is 11.6 Å². The van der Waals surface area contributed by atoms with Gasteiger partial charge in [0, 0.05) is 27.2 Å². The Kier molecular flexibility index (Phi) is 7.59. The summed E-state index contributed by atoms with van der Waals surface area (Å²) in [7, 11) is 0. The molecule has 4 rings (SSSR count). The Morgan fingerprint density at radius 3 is 2.69 bits per heavy atom. The molecular formula is C23H15BrClN5O4S. The Hall–Kier alpha value is -3.54. The van der Waals surface area contributed by atoms with Crippen molar-refractivity contribution >= 4 is 68.0 Å². The topological polar surface area (TPSA) is 119 Å². The highest BCUT2D eigenvalue weighted by atomic mass is 79.9. The summed E-state index contributed by atoms with van der Waals surface area (Å²) in [6.07, 6.45) is 1.23. The van der Waals surface area contributed by atoms with Gasteiger partial charge < -0.3 is 0 Å². The number of nitro groups is 1. The van der Waals surface area contributed by atoms with Gasteiger partial charge >= 0.3 is 0 Å². The molecule has 9 nitrogen and oxygen atoms in total. The number of carbonyl (C=O) groups is 1. The fourth-order valence-corrected chi connectivity index (χ4v) is 4.34. The SMILES string of the molecule is O=C(CSc1nc2ccccc2c(=O)n1-c1ccc(Br)cc1)N/N=C\c1cc([N+](=O)[O-])ccc1Cl. The number of non-ortho nitro benzene ring substituents is 1. The number of nitrogens with zero attached hydrogens (tertiary/aromatic N) is 4. The quantitative estimate of drug-likeness (QED) is 0.110. The van der Waals surface area contributed by atoms with Gasteiger partial charge in [-0.3, -0.25) is 24.3 Å². The van der Waals surface area contributed by atoms with Crippen molar-refractivity contribution in [2.45, 2.75) is 5.16 Å². The number of hydrogen-bond donors (Lipinski definition) is 1. The highest BCUT2D eigenvalue weighted by Gasteiger charge is 2.15. The molecule has 0 fully saturated rings. The number of hydrogen-bond acceptors (Lipinski definition) is 7. The van der Waals surface area contributed by atoms with Gasteiger partial charge in [-0.15, -0.1) is 0 Å². The monoisotopic (exact) mass is 571 g/mol. The minimum atomic E-state index is -0.551. The minimum Gasteiger partial charge on any atom is -0.272 e. The lowest BCUT2D eigenvalue weighted by molar-refractivity contribution is -0.384. The van der Waals surface area contributed by atoms with Crippen molar-refractivity contribution in [3.8, 4) is 5.69 Å². The van der Waals surface area contributed by atoms with Crippen LogP contribution in [0.5, 0.6) is 0 Å². The lowest BCUT2D eigenvalue weighted by atomic mass is 10.2. The highest BCUT2D eigenvalue weighted by Crippen LogP contribution is 2.23. The van der Waals surface area contributed by atoms with Crippen molar-refractivity contribution in [1.29, 1.82) is 0 Å². The zero-order valence-electron chi connectivity index (χ0n) is 17.7. The molecule has 0 spiro atoms. The molecule has 0 saturated carbocycles. The molecule has 0 unspecified atom stereocenters. The number of amides is 1. The summed E-state index contributed by atoms with van der Waals surface area (Å²) in [5.41, 5.74) is 3.37. The molecule has 0 bridgehead atoms. The Morgan fingerprint density at radius 2 is 1.94 bits per heavy atom. The predicted octanol–water partition coefficient (Wildman–Crippen LogP) is 4.95. The van der Waals surface area contributed by atoms with Crippen LogP contribution in [0.2, 0.25) is 5.02 Å². The second-order valence-electron chi connectivity index (χ2n) is 7.07. The Bertz CT molecular complexity index is 1530. The molecule has 12 heteroatoms. The highest BCUT2D eigenvalue weighted by molar-refractivity contribution is 9.10. The Labute approximate surface area is 216 Å². The molecule has 35 heavy (non-hydrogen) atoms. The van der Waals surface area contributed by atoms with Crippen LogP contribution < -0.4 is 11.0 Å². The van der Waals surface area contributed by atoms with E-state index in [1.807, 2.05) is 12.1 Å². The third kappa shape index (κ3) is 5.76. The summed E-state index contributed by atoms with van der Waals surface area (Å²) in [5.74, 6) is -0.543. The van der Waals surface area contributed by atoms with Crippen molar-refractivity contribution in [3.05, 3.63) is 102 Å². The van der Waals surface area contributed by atoms with E-state index in [1.54, 1.807) is 36.4 Å². The molecule has 0 aliphatic heterocycles. The number of nitrogens with one attached hydrogen (secondary N) is 1. The van der Waals surface area contributed by atoms with Crippen LogP contribution in [0.25, 0.3) is 16.6 Å². The molecule has 1 heterocycles. The fraction of sp³-hybridized carbons (Fsp3) is 0.0435. The lowest BCUT2D eigenvalue weighted by Gasteiger charge is -2.13. The molecule has 0 aliphatic rings. The first-order valence-electron chi connectivity index (χ1n) is 10.00. The van der Waals surface area contributed by atoms with Crippen molar-refractivity contribution in [1.82, 2.24) is 15.0 Å². The molecule has 3 aromatic carbocycles. The van der Waals surface area contributed by atoms with Crippen molar-refractivity contribution in [3.63, 3.8) is 0 Å². The van der Waals surface area contributed by atoms with E-state index in [0.717, 1.165) is 16.2 Å². The minimum absolute atomic E-state index is 0.0820. The number of carbonyl (C=O) groups excluding carboxylic acids is 1. The first-order chi connectivity index (χ1) is 16.8. The van der Waals surface area contributed by atoms with E-state index in [9.17, 15) is 19.7 Å². The van der Waals surface area contributed by atoms with Crippen LogP contribution in [0, 0.1) is 10.1 Å². The standard InChI is InChI=1S/C23H15BrClN5O4S/c24-15-5-7-16(8-6-15)29-22(32)18-3-1-2-4-20(18)27-23(29)35-13-21(31)28-26-12-14-11-17(30(33)34)9-10-19(14)25/h1-12H,13H2,(H,28,31)/b26-12-. The maximum Gasteiger partial charge on any atom is 0.270 e. The maximum atomic E-state index is 13.2. The van der Waals surface area contributed by atoms with E-state index < -0.39 is 10.8 Å². The number of thioether (sulfide) groups is 1. The second kappa shape index (κ2) is 10.8. The fourth-order valence-electron chi connectivity index (χ4n) is 3.11. The maximum absolute atomic E-state index is 13.2. The van der Waals surface area contributed by atoms with Gasteiger partial charge in [-0.2, -0.15) is 5.10 Å². The summed E-state index contributed by atoms with van der Waals surface area (Å²) in [6.45, 7) is 0. The van der Waals surface area contributed by atoms with E-state index in [1.165, 1.54) is 29.0 Å². The van der Waals surface area contributed by atoms with Crippen LogP contribution in [0.1, 0.15) is 5.56 Å². The van der Waals surface area contributed by atoms with Crippen molar-refractivity contribution < 1.29 is 9.72 Å². The van der Waals surface area contributed by atoms with E-state index in [-0.39, 0.29) is 27.6 Å². The van der Waals surface area contributed by atoms with E-state index >= 15 is 0 Å². The smallest absolute Gasteiger partial charge is 0.270 e. The van der Waals surface area contributed by atoms with Crippen LogP contribution in [0.15, 0.2) is 86.3 Å². The predicted molar refractivity (Wildman–Crippen MR) is 140 cm³/mol. The summed E-state index contributed by atoms with van der Waals surface area (Å²) >= 11 is 10.5. The summed E-state index contributed by atoms with van der Waals surface area (Å²) in [6, 6.07) is 18.1. The van der Waals surface area contributed by atoms with Gasteiger partial charge in [-0.25, -0.2) is 10.4 Å². The van der Waals surface area contributed by atoms with Crippen LogP contribution in [0.4, 0.5) is 5.69 Å². The molecule has 0 aliphatic carbocycles. The molecule has 176 valence electrons. The third-order valence-electron chi connectivity index (χ3n) is 4.75. The van der Waals surface area contributed by atoms with Gasteiger partial charge in [0.05, 0.1) is 33.5 Å². The molecule has 1 aromatic heterocycles. The molecular weight excluding hydrogens is 558 g/mol. The lowest BCUT2D eigenvalue weighted by Crippen LogP contribution is -2.24. The first kappa shape index (κ1) is 24.6. The third-order valence-corrected chi connectivity index (χ3v) is 6.56. The second-order valence-corrected chi connectivity index (χ2v) is 9.34. The molecule has 4 aromatic rings. The summed E-state index contributed by atoms with van der Waals surface area (Å²) in [5, 5.41) is 15.8. The first-order valence-corrected chi connectivity index (χ1v) is 12.2. The van der Waals surface area contributed by atoms with Gasteiger partial charge in [0.2, 0.25) is 0 Å². The summed E-state index contributed by atoms with van der Waals surface area (Å²) in [4.78, 5) is 40.6. The largest absolute Gasteiger partial charge is 0.272 e. The molecule has 0 saturated heterocycles. The number of para-hydroxylation sites is 1. The van der Waals surface area contributed by atoms with Crippen molar-refractivity contribution in [2.75, 3.05) is 5.75 Å². The molecule has 1 N–H and O–H groups in total. The summed E-state index contributed by atoms with van der Waals surface area (Å²) < 4.78 is 2.32. The number of rotatable bonds is 7. The van der Waals surface area contributed by atoms with E-state index in [0.29, 0.717) is 21.7 Å². The van der Waals surface area contributed by atoms with E-state index in [2.05, 4.69) is 31.4 Å². The average molecular weight is 573 g/mol. The van der Waals surface area contributed by atoms with Crippen LogP contribution in [0.3, 0.4) is 0 Å². The zero-order chi connectivity index (χ0) is 24.9. The number of hydrazone groups is 1. The zero-order valence-corrected chi connectivity index (χ0v) is 20.9. The van der Waals surface area contributed by atoms with Crippen LogP contribution in [-0.4, -0.2) is 32.3 Å². The van der Waals surface area contributed by atoms with Crippen molar-refractivity contribution in [2.24, 2.45) is 5.10 Å². The van der Waals surface area contributed by atoms with Gasteiger partial charge in [0.15, 0.2) is 5.16 Å². The molecule has 1 amide bonds. The molecule has 0 radical (unpaired) electrons. The normalized spacial score (nSPS) is 11.1. The number of fused-ring (bicyclic) bond motifs is 1. The van der Waals surface area contributed by atoms with Gasteiger partial charge in [0.25, 0.3) is 17.2 Å².